The van der Waals surface area contributed by atoms with Crippen LogP contribution in [0.3, 0.4) is 0 Å². The van der Waals surface area contributed by atoms with E-state index in [1.54, 1.807) is 0 Å². The fourth-order valence-electron chi connectivity index (χ4n) is 2.75. The third-order valence-corrected chi connectivity index (χ3v) is 4.28. The highest BCUT2D eigenvalue weighted by Gasteiger charge is 2.47. The van der Waals surface area contributed by atoms with E-state index in [1.165, 1.54) is 0 Å². The van der Waals surface area contributed by atoms with E-state index in [-0.39, 0.29) is 5.92 Å². The van der Waals surface area contributed by atoms with Gasteiger partial charge in [0.2, 0.25) is 0 Å². The van der Waals surface area contributed by atoms with Crippen LogP contribution in [0, 0.1) is 5.92 Å². The molecule has 0 aromatic rings. The molecule has 1 unspecified atom stereocenters. The zero-order chi connectivity index (χ0) is 11.4. The van der Waals surface area contributed by atoms with Gasteiger partial charge >= 0.3 is 0 Å². The predicted molar refractivity (Wildman–Crippen MR) is 69.7 cm³/mol. The molecular weight excluding hydrogens is 319 g/mol. The maximum absolute atomic E-state index is 12.0. The van der Waals surface area contributed by atoms with Crippen molar-refractivity contribution >= 4 is 28.4 Å². The molecule has 0 radical (unpaired) electrons. The van der Waals surface area contributed by atoms with E-state index in [2.05, 4.69) is 22.6 Å². The summed E-state index contributed by atoms with van der Waals surface area (Å²) in [6, 6.07) is 0. The smallest absolute Gasteiger partial charge is 0.178 e. The molecule has 2 fully saturated rings. The summed E-state index contributed by atoms with van der Waals surface area (Å²) in [6.45, 7) is 1.29. The summed E-state index contributed by atoms with van der Waals surface area (Å²) in [7, 11) is 0. The second-order valence-electron chi connectivity index (χ2n) is 4.57. The fourth-order valence-corrected chi connectivity index (χ4v) is 3.13. The Morgan fingerprint density at radius 2 is 2.06 bits per heavy atom. The van der Waals surface area contributed by atoms with Crippen molar-refractivity contribution in [1.29, 1.82) is 0 Å². The number of carbonyl (C=O) groups excluding carboxylic acids is 1. The minimum Gasteiger partial charge on any atom is -0.347 e. The lowest BCUT2D eigenvalue weighted by atomic mass is 9.80. The molecule has 3 nitrogen and oxygen atoms in total. The highest BCUT2D eigenvalue weighted by molar-refractivity contribution is 14.1. The molecule has 2 rings (SSSR count). The van der Waals surface area contributed by atoms with Gasteiger partial charge in [-0.2, -0.15) is 0 Å². The van der Waals surface area contributed by atoms with Gasteiger partial charge in [-0.3, -0.25) is 4.79 Å². The van der Waals surface area contributed by atoms with E-state index >= 15 is 0 Å². The van der Waals surface area contributed by atoms with Crippen LogP contribution in [-0.4, -0.2) is 29.2 Å². The number of alkyl halides is 1. The summed E-state index contributed by atoms with van der Waals surface area (Å²) in [5.74, 6) is -0.226. The lowest BCUT2D eigenvalue weighted by Gasteiger charge is -2.36. The fraction of sp³-hybridized carbons (Fsp3) is 0.917. The van der Waals surface area contributed by atoms with E-state index in [9.17, 15) is 4.79 Å². The zero-order valence-corrected chi connectivity index (χ0v) is 11.7. The molecule has 0 aromatic carbocycles. The molecular formula is C12H19IO3. The summed E-state index contributed by atoms with van der Waals surface area (Å²) < 4.78 is 12.7. The minimum absolute atomic E-state index is 0.00769. The van der Waals surface area contributed by atoms with Crippen molar-refractivity contribution in [3.8, 4) is 0 Å². The highest BCUT2D eigenvalue weighted by Crippen LogP contribution is 2.39. The summed E-state index contributed by atoms with van der Waals surface area (Å²) >= 11 is 2.36. The van der Waals surface area contributed by atoms with Gasteiger partial charge in [0.1, 0.15) is 5.78 Å². The lowest BCUT2D eigenvalue weighted by molar-refractivity contribution is -0.204. The number of ketones is 1. The van der Waals surface area contributed by atoms with Gasteiger partial charge in [0.25, 0.3) is 0 Å². The molecule has 1 saturated carbocycles. The standard InChI is InChI=1S/C12H19IO3/c13-7-3-6-12(15-8-9-16-12)10-4-1-2-5-11(10)14/h10H,1-9H2. The first kappa shape index (κ1) is 12.8. The van der Waals surface area contributed by atoms with Gasteiger partial charge in [-0.15, -0.1) is 0 Å². The number of carbonyl (C=O) groups is 1. The van der Waals surface area contributed by atoms with Gasteiger partial charge in [0, 0.05) is 12.8 Å². The predicted octanol–water partition coefficient (Wildman–Crippen LogP) is 2.70. The molecule has 0 amide bonds. The Morgan fingerprint density at radius 1 is 1.31 bits per heavy atom. The lowest BCUT2D eigenvalue weighted by Crippen LogP contribution is -2.45. The van der Waals surface area contributed by atoms with E-state index in [0.717, 1.165) is 36.5 Å². The van der Waals surface area contributed by atoms with Crippen molar-refractivity contribution in [2.24, 2.45) is 5.92 Å². The normalized spacial score (nSPS) is 29.6. The van der Waals surface area contributed by atoms with Gasteiger partial charge in [0.15, 0.2) is 5.79 Å². The van der Waals surface area contributed by atoms with Gasteiger partial charge in [0.05, 0.1) is 19.1 Å². The van der Waals surface area contributed by atoms with Crippen molar-refractivity contribution in [2.75, 3.05) is 17.6 Å². The number of Topliss-reactive ketones (excluding diaryl/α,β-unsaturated/α-hetero) is 1. The molecule has 2 aliphatic rings. The van der Waals surface area contributed by atoms with E-state index in [0.29, 0.717) is 25.4 Å². The summed E-state index contributed by atoms with van der Waals surface area (Å²) in [5, 5.41) is 0. The number of hydrogen-bond donors (Lipinski definition) is 0. The molecule has 0 N–H and O–H groups in total. The monoisotopic (exact) mass is 338 g/mol. The topological polar surface area (TPSA) is 35.5 Å². The molecule has 0 aromatic heterocycles. The summed E-state index contributed by atoms with van der Waals surface area (Å²) in [5.41, 5.74) is 0. The molecule has 1 atom stereocenters. The first-order valence-corrected chi connectivity index (χ1v) is 7.68. The molecule has 92 valence electrons. The highest BCUT2D eigenvalue weighted by atomic mass is 127. The Hall–Kier alpha value is 0.320. The molecule has 0 bridgehead atoms. The molecule has 1 heterocycles. The van der Waals surface area contributed by atoms with Gasteiger partial charge in [-0.05, 0) is 23.7 Å². The van der Waals surface area contributed by atoms with Crippen LogP contribution in [-0.2, 0) is 14.3 Å². The first-order chi connectivity index (χ1) is 7.78. The second-order valence-corrected chi connectivity index (χ2v) is 5.64. The second kappa shape index (κ2) is 5.78. The van der Waals surface area contributed by atoms with E-state index in [4.69, 9.17) is 9.47 Å². The van der Waals surface area contributed by atoms with E-state index in [1.807, 2.05) is 0 Å². The third-order valence-electron chi connectivity index (χ3n) is 3.52. The average Bonchev–Trinajstić information content (AvgIpc) is 2.77. The van der Waals surface area contributed by atoms with Crippen LogP contribution in [0.15, 0.2) is 0 Å². The van der Waals surface area contributed by atoms with Crippen LogP contribution in [0.1, 0.15) is 38.5 Å². The number of hydrogen-bond acceptors (Lipinski definition) is 3. The maximum atomic E-state index is 12.0. The maximum Gasteiger partial charge on any atom is 0.178 e. The van der Waals surface area contributed by atoms with Crippen molar-refractivity contribution < 1.29 is 14.3 Å². The average molecular weight is 338 g/mol. The van der Waals surface area contributed by atoms with Gasteiger partial charge in [-0.25, -0.2) is 0 Å². The van der Waals surface area contributed by atoms with Crippen LogP contribution in [0.2, 0.25) is 0 Å². The Balaban J connectivity index is 2.07. The molecule has 16 heavy (non-hydrogen) atoms. The molecule has 1 saturated heterocycles. The Morgan fingerprint density at radius 3 is 2.69 bits per heavy atom. The molecule has 0 spiro atoms. The van der Waals surface area contributed by atoms with Crippen LogP contribution >= 0.6 is 22.6 Å². The zero-order valence-electron chi connectivity index (χ0n) is 9.54. The van der Waals surface area contributed by atoms with Crippen LogP contribution < -0.4 is 0 Å². The molecule has 1 aliphatic heterocycles. The van der Waals surface area contributed by atoms with Crippen molar-refractivity contribution in [3.63, 3.8) is 0 Å². The Kier molecular flexibility index (Phi) is 4.61. The summed E-state index contributed by atoms with van der Waals surface area (Å²) in [6.07, 6.45) is 5.76. The Bertz CT molecular complexity index is 249. The first-order valence-electron chi connectivity index (χ1n) is 6.15. The Labute approximate surface area is 110 Å². The largest absolute Gasteiger partial charge is 0.347 e. The number of rotatable bonds is 4. The van der Waals surface area contributed by atoms with Gasteiger partial charge < -0.3 is 9.47 Å². The number of halogens is 1. The SMILES string of the molecule is O=C1CCCCC1C1(CCCI)OCCO1. The number of ether oxygens (including phenoxy) is 2. The van der Waals surface area contributed by atoms with Crippen LogP contribution in [0.5, 0.6) is 0 Å². The quantitative estimate of drug-likeness (QED) is 0.584. The van der Waals surface area contributed by atoms with Crippen molar-refractivity contribution in [3.05, 3.63) is 0 Å². The van der Waals surface area contributed by atoms with E-state index < -0.39 is 5.79 Å². The summed E-state index contributed by atoms with van der Waals surface area (Å²) in [4.78, 5) is 12.0. The third kappa shape index (κ3) is 2.59. The molecule has 4 heteroatoms. The van der Waals surface area contributed by atoms with Crippen LogP contribution in [0.4, 0.5) is 0 Å². The van der Waals surface area contributed by atoms with Crippen LogP contribution in [0.25, 0.3) is 0 Å². The molecule has 1 aliphatic carbocycles. The van der Waals surface area contributed by atoms with Gasteiger partial charge in [-0.1, -0.05) is 29.0 Å². The minimum atomic E-state index is -0.567. The van der Waals surface area contributed by atoms with Crippen molar-refractivity contribution in [2.45, 2.75) is 44.3 Å². The van der Waals surface area contributed by atoms with Crippen molar-refractivity contribution in [1.82, 2.24) is 0 Å².